The molecule has 0 aliphatic carbocycles. The number of pyridine rings is 1. The fourth-order valence-electron chi connectivity index (χ4n) is 1.95. The van der Waals surface area contributed by atoms with E-state index in [-0.39, 0.29) is 11.6 Å². The van der Waals surface area contributed by atoms with Crippen molar-refractivity contribution in [2.24, 2.45) is 4.99 Å². The van der Waals surface area contributed by atoms with E-state index in [1.165, 1.54) is 0 Å². The standard InChI is InChI=1S/C16H11BrN2O3/c1-21-13-4-2-3-10(5-13)6-14-16(20)22-15(19-14)11-7-12(17)9-18-8-11/h2-9H,1H3. The molecule has 0 amide bonds. The lowest BCUT2D eigenvalue weighted by atomic mass is 10.2. The molecule has 0 bridgehead atoms. The molecule has 2 heterocycles. The van der Waals surface area contributed by atoms with Gasteiger partial charge in [0, 0.05) is 16.9 Å². The summed E-state index contributed by atoms with van der Waals surface area (Å²) in [7, 11) is 1.59. The normalized spacial score (nSPS) is 15.6. The number of carbonyl (C=O) groups is 1. The summed E-state index contributed by atoms with van der Waals surface area (Å²) in [5.74, 6) is 0.465. The van der Waals surface area contributed by atoms with Gasteiger partial charge in [0.15, 0.2) is 5.70 Å². The Bertz CT molecular complexity index is 799. The minimum Gasteiger partial charge on any atom is -0.497 e. The van der Waals surface area contributed by atoms with Crippen LogP contribution in [0.1, 0.15) is 11.1 Å². The molecule has 0 radical (unpaired) electrons. The van der Waals surface area contributed by atoms with Gasteiger partial charge in [0.1, 0.15) is 5.75 Å². The first-order valence-electron chi connectivity index (χ1n) is 6.43. The van der Waals surface area contributed by atoms with Crippen LogP contribution >= 0.6 is 15.9 Å². The van der Waals surface area contributed by atoms with Gasteiger partial charge in [-0.3, -0.25) is 4.98 Å². The SMILES string of the molecule is COc1cccc(C=C2N=C(c3cncc(Br)c3)OC2=O)c1. The molecule has 0 fully saturated rings. The second-order valence-corrected chi connectivity index (χ2v) is 5.42. The number of halogens is 1. The molecular weight excluding hydrogens is 348 g/mol. The summed E-state index contributed by atoms with van der Waals surface area (Å²) >= 11 is 3.32. The second-order valence-electron chi connectivity index (χ2n) is 4.50. The van der Waals surface area contributed by atoms with Gasteiger partial charge in [0.05, 0.1) is 12.7 Å². The summed E-state index contributed by atoms with van der Waals surface area (Å²) < 4.78 is 11.1. The van der Waals surface area contributed by atoms with E-state index in [0.29, 0.717) is 11.3 Å². The third-order valence-corrected chi connectivity index (χ3v) is 3.40. The van der Waals surface area contributed by atoms with E-state index in [0.717, 1.165) is 10.0 Å². The topological polar surface area (TPSA) is 60.8 Å². The molecule has 2 aromatic rings. The van der Waals surface area contributed by atoms with Gasteiger partial charge in [-0.05, 0) is 45.8 Å². The van der Waals surface area contributed by atoms with E-state index >= 15 is 0 Å². The lowest BCUT2D eigenvalue weighted by Crippen LogP contribution is -2.05. The van der Waals surface area contributed by atoms with Crippen LogP contribution in [-0.4, -0.2) is 24.0 Å². The van der Waals surface area contributed by atoms with Crippen LogP contribution in [0.25, 0.3) is 6.08 Å². The van der Waals surface area contributed by atoms with E-state index in [1.54, 1.807) is 31.6 Å². The van der Waals surface area contributed by atoms with Crippen molar-refractivity contribution in [3.63, 3.8) is 0 Å². The molecule has 0 atom stereocenters. The van der Waals surface area contributed by atoms with Crippen LogP contribution in [0.4, 0.5) is 0 Å². The number of rotatable bonds is 3. The Labute approximate surface area is 135 Å². The number of aromatic nitrogens is 1. The van der Waals surface area contributed by atoms with Gasteiger partial charge in [0.25, 0.3) is 0 Å². The average Bonchev–Trinajstić information content (AvgIpc) is 2.89. The second kappa shape index (κ2) is 6.11. The van der Waals surface area contributed by atoms with Crippen LogP contribution in [-0.2, 0) is 9.53 Å². The fourth-order valence-corrected chi connectivity index (χ4v) is 2.32. The molecule has 6 heteroatoms. The van der Waals surface area contributed by atoms with Crippen molar-refractivity contribution >= 4 is 33.9 Å². The van der Waals surface area contributed by atoms with Crippen LogP contribution in [0.3, 0.4) is 0 Å². The lowest BCUT2D eigenvalue weighted by Gasteiger charge is -2.00. The number of hydrogen-bond donors (Lipinski definition) is 0. The third-order valence-electron chi connectivity index (χ3n) is 2.97. The fraction of sp³-hybridized carbons (Fsp3) is 0.0625. The van der Waals surface area contributed by atoms with Gasteiger partial charge in [-0.2, -0.15) is 0 Å². The van der Waals surface area contributed by atoms with E-state index in [2.05, 4.69) is 25.9 Å². The highest BCUT2D eigenvalue weighted by molar-refractivity contribution is 9.10. The number of methoxy groups -OCH3 is 1. The third kappa shape index (κ3) is 3.07. The van der Waals surface area contributed by atoms with Crippen molar-refractivity contribution in [2.75, 3.05) is 7.11 Å². The van der Waals surface area contributed by atoms with Crippen molar-refractivity contribution in [3.05, 3.63) is 64.0 Å². The van der Waals surface area contributed by atoms with Crippen LogP contribution < -0.4 is 4.74 Å². The van der Waals surface area contributed by atoms with E-state index < -0.39 is 5.97 Å². The smallest absolute Gasteiger partial charge is 0.363 e. The van der Waals surface area contributed by atoms with Gasteiger partial charge < -0.3 is 9.47 Å². The number of cyclic esters (lactones) is 1. The Kier molecular flexibility index (Phi) is 4.02. The van der Waals surface area contributed by atoms with Gasteiger partial charge in [-0.1, -0.05) is 12.1 Å². The number of nitrogens with zero attached hydrogens (tertiary/aromatic N) is 2. The van der Waals surface area contributed by atoms with Crippen LogP contribution in [0.5, 0.6) is 5.75 Å². The molecule has 3 rings (SSSR count). The number of carbonyl (C=O) groups excluding carboxylic acids is 1. The molecule has 0 saturated carbocycles. The first-order chi connectivity index (χ1) is 10.7. The highest BCUT2D eigenvalue weighted by Gasteiger charge is 2.24. The van der Waals surface area contributed by atoms with Crippen molar-refractivity contribution in [3.8, 4) is 5.75 Å². The molecule has 1 aliphatic rings. The number of benzene rings is 1. The summed E-state index contributed by atoms with van der Waals surface area (Å²) in [4.78, 5) is 20.2. The number of hydrogen-bond acceptors (Lipinski definition) is 5. The summed E-state index contributed by atoms with van der Waals surface area (Å²) in [5, 5.41) is 0. The Morgan fingerprint density at radius 3 is 2.91 bits per heavy atom. The average molecular weight is 359 g/mol. The maximum absolute atomic E-state index is 11.9. The van der Waals surface area contributed by atoms with Crippen LogP contribution in [0.15, 0.2) is 57.9 Å². The molecule has 1 aliphatic heterocycles. The Hall–Kier alpha value is -2.47. The minimum atomic E-state index is -0.488. The van der Waals surface area contributed by atoms with Crippen LogP contribution in [0, 0.1) is 0 Å². The van der Waals surface area contributed by atoms with Gasteiger partial charge in [-0.25, -0.2) is 9.79 Å². The van der Waals surface area contributed by atoms with Crippen molar-refractivity contribution in [1.29, 1.82) is 0 Å². The quantitative estimate of drug-likeness (QED) is 0.624. The monoisotopic (exact) mass is 358 g/mol. The lowest BCUT2D eigenvalue weighted by molar-refractivity contribution is -0.129. The summed E-state index contributed by atoms with van der Waals surface area (Å²) in [6, 6.07) is 9.13. The largest absolute Gasteiger partial charge is 0.497 e. The molecule has 110 valence electrons. The summed E-state index contributed by atoms with van der Waals surface area (Å²) in [6.45, 7) is 0. The number of aliphatic imine (C=N–C) groups is 1. The van der Waals surface area contributed by atoms with E-state index in [1.807, 2.05) is 24.3 Å². The Balaban J connectivity index is 1.94. The van der Waals surface area contributed by atoms with Gasteiger partial charge in [0.2, 0.25) is 5.90 Å². The van der Waals surface area contributed by atoms with Gasteiger partial charge in [-0.15, -0.1) is 0 Å². The first-order valence-corrected chi connectivity index (χ1v) is 7.22. The maximum Gasteiger partial charge on any atom is 0.363 e. The van der Waals surface area contributed by atoms with Crippen molar-refractivity contribution in [1.82, 2.24) is 4.98 Å². The van der Waals surface area contributed by atoms with E-state index in [4.69, 9.17) is 9.47 Å². The molecule has 0 spiro atoms. The Morgan fingerprint density at radius 2 is 2.14 bits per heavy atom. The Morgan fingerprint density at radius 1 is 1.27 bits per heavy atom. The van der Waals surface area contributed by atoms with E-state index in [9.17, 15) is 4.79 Å². The van der Waals surface area contributed by atoms with Gasteiger partial charge >= 0.3 is 5.97 Å². The predicted octanol–water partition coefficient (Wildman–Crippen LogP) is 3.20. The first kappa shape index (κ1) is 14.5. The predicted molar refractivity (Wildman–Crippen MR) is 85.5 cm³/mol. The zero-order valence-corrected chi connectivity index (χ0v) is 13.2. The molecule has 1 aromatic carbocycles. The maximum atomic E-state index is 11.9. The summed E-state index contributed by atoms with van der Waals surface area (Å²) in [5.41, 5.74) is 1.68. The minimum absolute atomic E-state index is 0.239. The highest BCUT2D eigenvalue weighted by Crippen LogP contribution is 2.21. The van der Waals surface area contributed by atoms with Crippen molar-refractivity contribution < 1.29 is 14.3 Å². The molecule has 0 unspecified atom stereocenters. The van der Waals surface area contributed by atoms with Crippen molar-refractivity contribution in [2.45, 2.75) is 0 Å². The zero-order valence-electron chi connectivity index (χ0n) is 11.6. The molecule has 5 nitrogen and oxygen atoms in total. The van der Waals surface area contributed by atoms with Crippen LogP contribution in [0.2, 0.25) is 0 Å². The number of ether oxygens (including phenoxy) is 2. The molecule has 1 aromatic heterocycles. The molecular formula is C16H11BrN2O3. The molecule has 0 saturated heterocycles. The highest BCUT2D eigenvalue weighted by atomic mass is 79.9. The number of esters is 1. The molecule has 0 N–H and O–H groups in total. The zero-order chi connectivity index (χ0) is 15.5. The summed E-state index contributed by atoms with van der Waals surface area (Å²) in [6.07, 6.45) is 4.89. The molecule has 22 heavy (non-hydrogen) atoms.